The first-order valence-corrected chi connectivity index (χ1v) is 9.46. The summed E-state index contributed by atoms with van der Waals surface area (Å²) in [5, 5.41) is 8.80. The molecule has 0 aliphatic rings. The van der Waals surface area contributed by atoms with Gasteiger partial charge in [0.1, 0.15) is 0 Å². The lowest BCUT2D eigenvalue weighted by Gasteiger charge is -2.26. The van der Waals surface area contributed by atoms with Gasteiger partial charge >= 0.3 is 5.97 Å². The van der Waals surface area contributed by atoms with Gasteiger partial charge in [-0.25, -0.2) is 9.79 Å². The molecule has 0 radical (unpaired) electrons. The summed E-state index contributed by atoms with van der Waals surface area (Å²) < 4.78 is 0.397. The van der Waals surface area contributed by atoms with Crippen LogP contribution in [0, 0.1) is 0 Å². The van der Waals surface area contributed by atoms with Gasteiger partial charge in [-0.3, -0.25) is 4.79 Å². The van der Waals surface area contributed by atoms with Crippen molar-refractivity contribution in [2.45, 2.75) is 77.6 Å². The van der Waals surface area contributed by atoms with Crippen molar-refractivity contribution in [3.05, 3.63) is 0 Å². The Morgan fingerprint density at radius 2 is 1.50 bits per heavy atom. The Bertz CT molecular complexity index is 379. The molecule has 0 aromatic heterocycles. The second-order valence-electron chi connectivity index (χ2n) is 7.28. The lowest BCUT2D eigenvalue weighted by atomic mass is 10.1. The number of aliphatic carboxylic acids is 1. The maximum Gasteiger partial charge on any atom is 0.359 e. The molecule has 0 unspecified atom stereocenters. The van der Waals surface area contributed by atoms with Gasteiger partial charge in [0, 0.05) is 19.1 Å². The van der Waals surface area contributed by atoms with Crippen molar-refractivity contribution < 1.29 is 19.2 Å². The van der Waals surface area contributed by atoms with E-state index in [0.29, 0.717) is 23.9 Å². The predicted molar refractivity (Wildman–Crippen MR) is 99.4 cm³/mol. The zero-order chi connectivity index (χ0) is 18.3. The molecular weight excluding hydrogens is 304 g/mol. The molecule has 24 heavy (non-hydrogen) atoms. The van der Waals surface area contributed by atoms with E-state index in [-0.39, 0.29) is 12.5 Å². The van der Waals surface area contributed by atoms with Crippen molar-refractivity contribution in [1.82, 2.24) is 0 Å². The van der Waals surface area contributed by atoms with Gasteiger partial charge in [-0.1, -0.05) is 58.3 Å². The SMILES string of the molecule is CCCCCCCCCCCC(=O)N=CCC[N+](C)(C)CC(=O)O. The standard InChI is InChI=1S/C19H36N2O3/c1-4-5-6-7-8-9-10-11-12-14-18(22)20-15-13-16-21(2,3)17-19(23)24/h15H,4-14,16-17H2,1-3H3/p+1. The van der Waals surface area contributed by atoms with Crippen LogP contribution in [0.1, 0.15) is 77.6 Å². The highest BCUT2D eigenvalue weighted by atomic mass is 16.4. The average Bonchev–Trinajstić information content (AvgIpc) is 2.48. The smallest absolute Gasteiger partial charge is 0.359 e. The third kappa shape index (κ3) is 15.7. The summed E-state index contributed by atoms with van der Waals surface area (Å²) in [4.78, 5) is 26.3. The van der Waals surface area contributed by atoms with Crippen molar-refractivity contribution in [3.8, 4) is 0 Å². The van der Waals surface area contributed by atoms with E-state index >= 15 is 0 Å². The lowest BCUT2D eigenvalue weighted by Crippen LogP contribution is -2.44. The number of likely N-dealkylation sites (N-methyl/N-ethyl adjacent to an activating group) is 1. The van der Waals surface area contributed by atoms with Gasteiger partial charge in [0.05, 0.1) is 20.6 Å². The molecule has 0 aliphatic carbocycles. The summed E-state index contributed by atoms with van der Waals surface area (Å²) in [6.45, 7) is 2.98. The number of hydrogen-bond acceptors (Lipinski definition) is 2. The molecule has 1 N–H and O–H groups in total. The number of nitrogens with zero attached hydrogens (tertiary/aromatic N) is 2. The summed E-state index contributed by atoms with van der Waals surface area (Å²) in [6.07, 6.45) is 14.0. The van der Waals surface area contributed by atoms with E-state index in [4.69, 9.17) is 5.11 Å². The zero-order valence-corrected chi connectivity index (χ0v) is 15.9. The van der Waals surface area contributed by atoms with Gasteiger partial charge < -0.3 is 9.59 Å². The fraction of sp³-hybridized carbons (Fsp3) is 0.842. The monoisotopic (exact) mass is 341 g/mol. The molecule has 1 amide bonds. The Hall–Kier alpha value is -1.23. The first kappa shape index (κ1) is 22.8. The van der Waals surface area contributed by atoms with E-state index in [0.717, 1.165) is 12.8 Å². The highest BCUT2D eigenvalue weighted by Crippen LogP contribution is 2.10. The summed E-state index contributed by atoms with van der Waals surface area (Å²) in [7, 11) is 3.73. The molecular formula is C19H37N2O3+. The molecule has 0 spiro atoms. The van der Waals surface area contributed by atoms with Gasteiger partial charge in [-0.05, 0) is 6.42 Å². The van der Waals surface area contributed by atoms with E-state index in [1.54, 1.807) is 6.21 Å². The number of unbranched alkanes of at least 4 members (excludes halogenated alkanes) is 8. The van der Waals surface area contributed by atoms with Crippen LogP contribution in [0.15, 0.2) is 4.99 Å². The van der Waals surface area contributed by atoms with Crippen LogP contribution in [0.2, 0.25) is 0 Å². The van der Waals surface area contributed by atoms with E-state index in [2.05, 4.69) is 11.9 Å². The molecule has 0 bridgehead atoms. The number of amides is 1. The topological polar surface area (TPSA) is 66.7 Å². The fourth-order valence-electron chi connectivity index (χ4n) is 2.67. The van der Waals surface area contributed by atoms with Crippen LogP contribution < -0.4 is 0 Å². The fourth-order valence-corrected chi connectivity index (χ4v) is 2.67. The Labute approximate surface area is 147 Å². The van der Waals surface area contributed by atoms with Gasteiger partial charge in [0.25, 0.3) is 0 Å². The molecule has 5 heteroatoms. The maximum atomic E-state index is 11.7. The lowest BCUT2D eigenvalue weighted by molar-refractivity contribution is -0.882. The second kappa shape index (κ2) is 14.1. The second-order valence-corrected chi connectivity index (χ2v) is 7.28. The highest BCUT2D eigenvalue weighted by Gasteiger charge is 2.18. The number of hydrogen-bond donors (Lipinski definition) is 1. The van der Waals surface area contributed by atoms with E-state index in [1.165, 1.54) is 44.9 Å². The molecule has 140 valence electrons. The molecule has 0 saturated carbocycles. The summed E-state index contributed by atoms with van der Waals surface area (Å²) in [6, 6.07) is 0. The van der Waals surface area contributed by atoms with Crippen molar-refractivity contribution in [2.24, 2.45) is 4.99 Å². The Balaban J connectivity index is 3.57. The number of carboxylic acid groups (broad SMARTS) is 1. The molecule has 0 atom stereocenters. The molecule has 0 heterocycles. The number of aliphatic imine (C=N–C) groups is 1. The number of carbonyl (C=O) groups excluding carboxylic acids is 1. The molecule has 5 nitrogen and oxygen atoms in total. The van der Waals surface area contributed by atoms with Crippen LogP contribution in [-0.2, 0) is 9.59 Å². The predicted octanol–water partition coefficient (Wildman–Crippen LogP) is 4.06. The van der Waals surface area contributed by atoms with Gasteiger partial charge in [-0.15, -0.1) is 0 Å². The van der Waals surface area contributed by atoms with Crippen LogP contribution in [0.4, 0.5) is 0 Å². The van der Waals surface area contributed by atoms with Crippen LogP contribution in [-0.4, -0.2) is 54.9 Å². The number of quaternary nitrogens is 1. The zero-order valence-electron chi connectivity index (χ0n) is 15.9. The molecule has 0 saturated heterocycles. The quantitative estimate of drug-likeness (QED) is 0.277. The summed E-state index contributed by atoms with van der Waals surface area (Å²) >= 11 is 0. The van der Waals surface area contributed by atoms with Crippen LogP contribution in [0.5, 0.6) is 0 Å². The summed E-state index contributed by atoms with van der Waals surface area (Å²) in [5.41, 5.74) is 0. The summed E-state index contributed by atoms with van der Waals surface area (Å²) in [5.74, 6) is -0.861. The van der Waals surface area contributed by atoms with Crippen LogP contribution in [0.3, 0.4) is 0 Å². The Morgan fingerprint density at radius 3 is 2.04 bits per heavy atom. The molecule has 0 aromatic carbocycles. The first-order valence-electron chi connectivity index (χ1n) is 9.46. The highest BCUT2D eigenvalue weighted by molar-refractivity contribution is 5.84. The largest absolute Gasteiger partial charge is 0.477 e. The van der Waals surface area contributed by atoms with E-state index < -0.39 is 5.97 Å². The minimum absolute atomic E-state index is 0.0542. The molecule has 0 rings (SSSR count). The average molecular weight is 342 g/mol. The number of carbonyl (C=O) groups is 2. The van der Waals surface area contributed by atoms with Crippen LogP contribution >= 0.6 is 0 Å². The van der Waals surface area contributed by atoms with Gasteiger partial charge in [-0.2, -0.15) is 0 Å². The van der Waals surface area contributed by atoms with Crippen molar-refractivity contribution >= 4 is 18.1 Å². The minimum Gasteiger partial charge on any atom is -0.477 e. The number of rotatable bonds is 15. The first-order chi connectivity index (χ1) is 11.4. The van der Waals surface area contributed by atoms with Gasteiger partial charge in [0.2, 0.25) is 5.91 Å². The van der Waals surface area contributed by atoms with Crippen molar-refractivity contribution in [3.63, 3.8) is 0 Å². The van der Waals surface area contributed by atoms with Crippen molar-refractivity contribution in [2.75, 3.05) is 27.2 Å². The van der Waals surface area contributed by atoms with Crippen molar-refractivity contribution in [1.29, 1.82) is 0 Å². The van der Waals surface area contributed by atoms with Gasteiger partial charge in [0.15, 0.2) is 6.54 Å². The maximum absolute atomic E-state index is 11.7. The Kier molecular flexibility index (Phi) is 13.4. The normalized spacial score (nSPS) is 12.0. The third-order valence-corrected chi connectivity index (χ3v) is 4.16. The third-order valence-electron chi connectivity index (χ3n) is 4.16. The number of carboxylic acids is 1. The minimum atomic E-state index is -0.807. The van der Waals surface area contributed by atoms with E-state index in [1.807, 2.05) is 14.1 Å². The molecule has 0 aromatic rings. The molecule has 0 aliphatic heterocycles. The Morgan fingerprint density at radius 1 is 0.958 bits per heavy atom. The van der Waals surface area contributed by atoms with E-state index in [9.17, 15) is 9.59 Å². The van der Waals surface area contributed by atoms with Crippen LogP contribution in [0.25, 0.3) is 0 Å². The molecule has 0 fully saturated rings.